The fourth-order valence-electron chi connectivity index (χ4n) is 1.86. The minimum atomic E-state index is -0.624. The average molecular weight is 244 g/mol. The quantitative estimate of drug-likeness (QED) is 0.808. The summed E-state index contributed by atoms with van der Waals surface area (Å²) in [4.78, 5) is 12.8. The molecule has 0 aromatic heterocycles. The van der Waals surface area contributed by atoms with Crippen molar-refractivity contribution >= 4 is 30.8 Å². The molecular weight excluding hydrogens is 225 g/mol. The van der Waals surface area contributed by atoms with Crippen LogP contribution in [0.4, 0.5) is 0 Å². The van der Waals surface area contributed by atoms with Crippen LogP contribution in [0.2, 0.25) is 0 Å². The van der Waals surface area contributed by atoms with Crippen LogP contribution in [0.1, 0.15) is 25.7 Å². The third-order valence-corrected chi connectivity index (χ3v) is 2.73. The molecule has 2 atom stereocenters. The highest BCUT2D eigenvalue weighted by atomic mass is 35.5. The second-order valence-corrected chi connectivity index (χ2v) is 3.82. The molecule has 1 fully saturated rings. The summed E-state index contributed by atoms with van der Waals surface area (Å²) >= 11 is 0. The van der Waals surface area contributed by atoms with E-state index in [9.17, 15) is 4.79 Å². The first-order chi connectivity index (χ1) is 5.61. The van der Waals surface area contributed by atoms with Crippen molar-refractivity contribution in [2.24, 2.45) is 5.92 Å². The van der Waals surface area contributed by atoms with Gasteiger partial charge in [0.25, 0.3) is 0 Å². The first-order valence-electron chi connectivity index (χ1n) is 4.50. The molecule has 1 aliphatic carbocycles. The molecular formula is C9H19Cl2NO2. The second kappa shape index (κ2) is 7.32. The van der Waals surface area contributed by atoms with Crippen LogP contribution in [0, 0.1) is 5.92 Å². The SMILES string of the molecule is CN(C)C1CCCC(C(=O)O)C1.Cl.Cl. The summed E-state index contributed by atoms with van der Waals surface area (Å²) in [5, 5.41) is 8.82. The molecule has 3 nitrogen and oxygen atoms in total. The lowest BCUT2D eigenvalue weighted by Crippen LogP contribution is -2.35. The third-order valence-electron chi connectivity index (χ3n) is 2.73. The van der Waals surface area contributed by atoms with Gasteiger partial charge < -0.3 is 10.0 Å². The molecule has 1 N–H and O–H groups in total. The van der Waals surface area contributed by atoms with Gasteiger partial charge in [-0.3, -0.25) is 4.79 Å². The number of halogens is 2. The lowest BCUT2D eigenvalue weighted by Gasteiger charge is -2.31. The van der Waals surface area contributed by atoms with Gasteiger partial charge in [-0.05, 0) is 33.4 Å². The molecule has 0 saturated heterocycles. The van der Waals surface area contributed by atoms with Crippen molar-refractivity contribution in [3.05, 3.63) is 0 Å². The van der Waals surface area contributed by atoms with Gasteiger partial charge in [0.2, 0.25) is 0 Å². The predicted molar refractivity (Wildman–Crippen MR) is 61.6 cm³/mol. The van der Waals surface area contributed by atoms with Crippen LogP contribution >= 0.6 is 24.8 Å². The van der Waals surface area contributed by atoms with Crippen molar-refractivity contribution in [2.75, 3.05) is 14.1 Å². The lowest BCUT2D eigenvalue weighted by molar-refractivity contribution is -0.143. The lowest BCUT2D eigenvalue weighted by atomic mass is 9.85. The standard InChI is InChI=1S/C9H17NO2.2ClH/c1-10(2)8-5-3-4-7(6-8)9(11)12;;/h7-8H,3-6H2,1-2H3,(H,11,12);2*1H. The van der Waals surface area contributed by atoms with Gasteiger partial charge in [-0.15, -0.1) is 24.8 Å². The molecule has 0 bridgehead atoms. The number of hydrogen-bond acceptors (Lipinski definition) is 2. The molecule has 86 valence electrons. The maximum Gasteiger partial charge on any atom is 0.306 e. The fourth-order valence-corrected chi connectivity index (χ4v) is 1.86. The summed E-state index contributed by atoms with van der Waals surface area (Å²) < 4.78 is 0. The van der Waals surface area contributed by atoms with Crippen LogP contribution < -0.4 is 0 Å². The maximum atomic E-state index is 10.7. The molecule has 0 aliphatic heterocycles. The molecule has 0 aromatic carbocycles. The van der Waals surface area contributed by atoms with Gasteiger partial charge in [-0.1, -0.05) is 6.42 Å². The van der Waals surface area contributed by atoms with Crippen molar-refractivity contribution in [3.63, 3.8) is 0 Å². The third kappa shape index (κ3) is 4.49. The summed E-state index contributed by atoms with van der Waals surface area (Å²) in [6, 6.07) is 0.472. The number of aliphatic carboxylic acids is 1. The zero-order chi connectivity index (χ0) is 9.14. The number of rotatable bonds is 2. The molecule has 0 heterocycles. The van der Waals surface area contributed by atoms with Gasteiger partial charge in [-0.25, -0.2) is 0 Å². The first-order valence-corrected chi connectivity index (χ1v) is 4.50. The van der Waals surface area contributed by atoms with Crippen LogP contribution in [-0.4, -0.2) is 36.1 Å². The zero-order valence-corrected chi connectivity index (χ0v) is 10.2. The van der Waals surface area contributed by atoms with E-state index in [0.29, 0.717) is 6.04 Å². The normalized spacial score (nSPS) is 26.2. The number of nitrogens with zero attached hydrogens (tertiary/aromatic N) is 1. The van der Waals surface area contributed by atoms with Gasteiger partial charge in [0.15, 0.2) is 0 Å². The van der Waals surface area contributed by atoms with Crippen LogP contribution in [-0.2, 0) is 4.79 Å². The Morgan fingerprint density at radius 3 is 2.29 bits per heavy atom. The highest BCUT2D eigenvalue weighted by Crippen LogP contribution is 2.26. The van der Waals surface area contributed by atoms with E-state index < -0.39 is 5.97 Å². The van der Waals surface area contributed by atoms with E-state index in [1.165, 1.54) is 0 Å². The molecule has 5 heteroatoms. The number of carboxylic acid groups (broad SMARTS) is 1. The molecule has 14 heavy (non-hydrogen) atoms. The number of carboxylic acids is 1. The van der Waals surface area contributed by atoms with Crippen molar-refractivity contribution < 1.29 is 9.90 Å². The van der Waals surface area contributed by atoms with E-state index >= 15 is 0 Å². The predicted octanol–water partition coefficient (Wildman–Crippen LogP) is 2.04. The Morgan fingerprint density at radius 2 is 1.86 bits per heavy atom. The topological polar surface area (TPSA) is 40.5 Å². The Labute approximate surface area is 97.7 Å². The number of carbonyl (C=O) groups is 1. The Bertz CT molecular complexity index is 176. The summed E-state index contributed by atoms with van der Waals surface area (Å²) in [5.74, 6) is -0.729. The van der Waals surface area contributed by atoms with Gasteiger partial charge in [0.05, 0.1) is 5.92 Å². The maximum absolute atomic E-state index is 10.7. The van der Waals surface area contributed by atoms with Gasteiger partial charge in [-0.2, -0.15) is 0 Å². The largest absolute Gasteiger partial charge is 0.481 e. The summed E-state index contributed by atoms with van der Waals surface area (Å²) in [7, 11) is 4.05. The monoisotopic (exact) mass is 243 g/mol. The molecule has 1 saturated carbocycles. The summed E-state index contributed by atoms with van der Waals surface area (Å²) in [5.41, 5.74) is 0. The van der Waals surface area contributed by atoms with Crippen LogP contribution in [0.5, 0.6) is 0 Å². The van der Waals surface area contributed by atoms with Gasteiger partial charge in [0.1, 0.15) is 0 Å². The van der Waals surface area contributed by atoms with Crippen molar-refractivity contribution in [2.45, 2.75) is 31.7 Å². The molecule has 0 spiro atoms. The van der Waals surface area contributed by atoms with E-state index in [2.05, 4.69) is 4.90 Å². The van der Waals surface area contributed by atoms with Gasteiger partial charge >= 0.3 is 5.97 Å². The van der Waals surface area contributed by atoms with Crippen molar-refractivity contribution in [1.29, 1.82) is 0 Å². The van der Waals surface area contributed by atoms with Crippen molar-refractivity contribution in [1.82, 2.24) is 4.90 Å². The first kappa shape index (κ1) is 16.4. The fraction of sp³-hybridized carbons (Fsp3) is 0.889. The summed E-state index contributed by atoms with van der Waals surface area (Å²) in [6.45, 7) is 0. The van der Waals surface area contributed by atoms with Crippen molar-refractivity contribution in [3.8, 4) is 0 Å². The minimum absolute atomic E-state index is 0. The van der Waals surface area contributed by atoms with E-state index in [4.69, 9.17) is 5.11 Å². The molecule has 0 aromatic rings. The Kier molecular flexibility index (Phi) is 8.60. The Balaban J connectivity index is 0. The van der Waals surface area contributed by atoms with Crippen LogP contribution in [0.3, 0.4) is 0 Å². The Morgan fingerprint density at radius 1 is 1.29 bits per heavy atom. The summed E-state index contributed by atoms with van der Waals surface area (Å²) in [6.07, 6.45) is 3.89. The van der Waals surface area contributed by atoms with Crippen LogP contribution in [0.25, 0.3) is 0 Å². The number of hydrogen-bond donors (Lipinski definition) is 1. The van der Waals surface area contributed by atoms with Crippen LogP contribution in [0.15, 0.2) is 0 Å². The van der Waals surface area contributed by atoms with E-state index in [-0.39, 0.29) is 30.7 Å². The molecule has 2 unspecified atom stereocenters. The highest BCUT2D eigenvalue weighted by molar-refractivity contribution is 5.85. The second-order valence-electron chi connectivity index (χ2n) is 3.82. The Hall–Kier alpha value is 0.01000. The average Bonchev–Trinajstić information content (AvgIpc) is 2.04. The van der Waals surface area contributed by atoms with E-state index in [0.717, 1.165) is 25.7 Å². The molecule has 1 rings (SSSR count). The minimum Gasteiger partial charge on any atom is -0.481 e. The smallest absolute Gasteiger partial charge is 0.306 e. The highest BCUT2D eigenvalue weighted by Gasteiger charge is 2.27. The van der Waals surface area contributed by atoms with Gasteiger partial charge in [0, 0.05) is 6.04 Å². The zero-order valence-electron chi connectivity index (χ0n) is 8.60. The van der Waals surface area contributed by atoms with E-state index in [1.54, 1.807) is 0 Å². The van der Waals surface area contributed by atoms with E-state index in [1.807, 2.05) is 14.1 Å². The molecule has 0 radical (unpaired) electrons. The molecule has 0 amide bonds. The molecule has 1 aliphatic rings.